The van der Waals surface area contributed by atoms with Crippen molar-refractivity contribution in [3.63, 3.8) is 0 Å². The lowest BCUT2D eigenvalue weighted by Crippen LogP contribution is -2.47. The van der Waals surface area contributed by atoms with Crippen molar-refractivity contribution in [2.75, 3.05) is 39.4 Å². The summed E-state index contributed by atoms with van der Waals surface area (Å²) in [6, 6.07) is 0.742. The zero-order valence-corrected chi connectivity index (χ0v) is 13.3. The lowest BCUT2D eigenvalue weighted by Gasteiger charge is -2.39. The molecule has 0 spiro atoms. The maximum Gasteiger partial charge on any atom is 0.332 e. The third-order valence-electron chi connectivity index (χ3n) is 4.50. The van der Waals surface area contributed by atoms with Crippen LogP contribution in [-0.4, -0.2) is 62.4 Å². The maximum absolute atomic E-state index is 11.5. The molecule has 5 heteroatoms. The molecule has 0 aromatic carbocycles. The summed E-state index contributed by atoms with van der Waals surface area (Å²) in [5, 5.41) is 3.41. The predicted octanol–water partition coefficient (Wildman–Crippen LogP) is 1.56. The van der Waals surface area contributed by atoms with Crippen LogP contribution in [0.3, 0.4) is 0 Å². The first kappa shape index (κ1) is 16.7. The molecule has 2 fully saturated rings. The molecule has 0 bridgehead atoms. The van der Waals surface area contributed by atoms with Crippen molar-refractivity contribution < 1.29 is 14.3 Å². The summed E-state index contributed by atoms with van der Waals surface area (Å²) < 4.78 is 10.8. The summed E-state index contributed by atoms with van der Waals surface area (Å²) in [5.41, 5.74) is 0. The monoisotopic (exact) mass is 298 g/mol. The number of nitrogens with one attached hydrogen (secondary N) is 1. The van der Waals surface area contributed by atoms with Crippen molar-refractivity contribution in [3.05, 3.63) is 0 Å². The van der Waals surface area contributed by atoms with E-state index in [0.29, 0.717) is 6.61 Å². The molecule has 0 amide bonds. The highest BCUT2D eigenvalue weighted by Crippen LogP contribution is 2.20. The van der Waals surface area contributed by atoms with Crippen LogP contribution in [0.5, 0.6) is 0 Å². The van der Waals surface area contributed by atoms with Crippen LogP contribution in [0, 0.1) is 0 Å². The zero-order valence-electron chi connectivity index (χ0n) is 13.3. The smallest absolute Gasteiger partial charge is 0.332 e. The number of hydrogen-bond donors (Lipinski definition) is 1. The molecule has 0 aromatic rings. The Balaban J connectivity index is 1.57. The maximum atomic E-state index is 11.5. The Labute approximate surface area is 128 Å². The first-order valence-electron chi connectivity index (χ1n) is 8.51. The number of esters is 1. The number of piperidine rings is 2. The van der Waals surface area contributed by atoms with E-state index in [2.05, 4.69) is 17.1 Å². The lowest BCUT2D eigenvalue weighted by molar-refractivity contribution is -0.152. The molecule has 0 radical (unpaired) electrons. The van der Waals surface area contributed by atoms with E-state index < -0.39 is 0 Å². The topological polar surface area (TPSA) is 50.8 Å². The minimum Gasteiger partial charge on any atom is -0.464 e. The summed E-state index contributed by atoms with van der Waals surface area (Å²) in [7, 11) is 0. The molecule has 2 aliphatic rings. The van der Waals surface area contributed by atoms with Gasteiger partial charge >= 0.3 is 5.97 Å². The van der Waals surface area contributed by atoms with Crippen molar-refractivity contribution in [3.8, 4) is 0 Å². The fourth-order valence-corrected chi connectivity index (χ4v) is 3.14. The molecule has 21 heavy (non-hydrogen) atoms. The van der Waals surface area contributed by atoms with Crippen molar-refractivity contribution >= 4 is 5.97 Å². The number of likely N-dealkylation sites (tertiary alicyclic amines) is 1. The van der Waals surface area contributed by atoms with Crippen molar-refractivity contribution in [2.45, 2.75) is 57.6 Å². The summed E-state index contributed by atoms with van der Waals surface area (Å²) >= 11 is 0. The van der Waals surface area contributed by atoms with Gasteiger partial charge < -0.3 is 19.7 Å². The average molecular weight is 298 g/mol. The van der Waals surface area contributed by atoms with Gasteiger partial charge in [-0.3, -0.25) is 0 Å². The molecule has 5 nitrogen and oxygen atoms in total. The van der Waals surface area contributed by atoms with Gasteiger partial charge in [0.05, 0.1) is 12.7 Å². The normalized spacial score (nSPS) is 22.3. The van der Waals surface area contributed by atoms with E-state index in [0.717, 1.165) is 57.9 Å². The standard InChI is InChI=1S/C16H30N2O3/c1-2-3-12-20-16(19)13-21-15-6-10-18(11-7-15)14-4-8-17-9-5-14/h14-15,17H,2-13H2,1H3. The van der Waals surface area contributed by atoms with E-state index in [1.165, 1.54) is 12.8 Å². The first-order valence-corrected chi connectivity index (χ1v) is 8.51. The van der Waals surface area contributed by atoms with E-state index in [1.807, 2.05) is 0 Å². The minimum absolute atomic E-state index is 0.113. The number of hydrogen-bond acceptors (Lipinski definition) is 5. The number of ether oxygens (including phenoxy) is 2. The van der Waals surface area contributed by atoms with Gasteiger partial charge in [-0.15, -0.1) is 0 Å². The number of carbonyl (C=O) groups excluding carboxylic acids is 1. The molecule has 2 rings (SSSR count). The summed E-state index contributed by atoms with van der Waals surface area (Å²) in [5.74, 6) is -0.218. The SMILES string of the molecule is CCCCOC(=O)COC1CCN(C2CCNCC2)CC1. The van der Waals surface area contributed by atoms with Gasteiger partial charge in [0.15, 0.2) is 0 Å². The van der Waals surface area contributed by atoms with E-state index in [-0.39, 0.29) is 18.7 Å². The molecule has 2 heterocycles. The van der Waals surface area contributed by atoms with Crippen LogP contribution >= 0.6 is 0 Å². The Kier molecular flexibility index (Phi) is 7.47. The third kappa shape index (κ3) is 5.93. The number of unbranched alkanes of at least 4 members (excludes halogenated alkanes) is 1. The predicted molar refractivity (Wildman–Crippen MR) is 82.3 cm³/mol. The Morgan fingerprint density at radius 3 is 2.57 bits per heavy atom. The van der Waals surface area contributed by atoms with E-state index >= 15 is 0 Å². The van der Waals surface area contributed by atoms with Crippen LogP contribution in [0.15, 0.2) is 0 Å². The molecular formula is C16H30N2O3. The third-order valence-corrected chi connectivity index (χ3v) is 4.50. The molecule has 2 aliphatic heterocycles. The molecule has 0 atom stereocenters. The minimum atomic E-state index is -0.218. The second-order valence-electron chi connectivity index (χ2n) is 6.10. The van der Waals surface area contributed by atoms with Gasteiger partial charge in [0.2, 0.25) is 0 Å². The zero-order chi connectivity index (χ0) is 14.9. The van der Waals surface area contributed by atoms with Gasteiger partial charge in [-0.1, -0.05) is 13.3 Å². The fourth-order valence-electron chi connectivity index (χ4n) is 3.14. The number of carbonyl (C=O) groups is 1. The van der Waals surface area contributed by atoms with Gasteiger partial charge in [-0.05, 0) is 45.2 Å². The second kappa shape index (κ2) is 9.38. The van der Waals surface area contributed by atoms with Gasteiger partial charge in [0.1, 0.15) is 6.61 Å². The summed E-state index contributed by atoms with van der Waals surface area (Å²) in [6.07, 6.45) is 6.79. The summed E-state index contributed by atoms with van der Waals surface area (Å²) in [6.45, 7) is 7.20. The molecule has 0 aromatic heterocycles. The molecule has 2 saturated heterocycles. The molecule has 0 aliphatic carbocycles. The Hall–Kier alpha value is -0.650. The lowest BCUT2D eigenvalue weighted by atomic mass is 10.00. The fraction of sp³-hybridized carbons (Fsp3) is 0.938. The van der Waals surface area contributed by atoms with E-state index in [4.69, 9.17) is 9.47 Å². The Bertz CT molecular complexity index is 298. The molecule has 0 unspecified atom stereocenters. The van der Waals surface area contributed by atoms with Crippen LogP contribution in [0.25, 0.3) is 0 Å². The Morgan fingerprint density at radius 1 is 1.19 bits per heavy atom. The molecule has 122 valence electrons. The average Bonchev–Trinajstić information content (AvgIpc) is 2.54. The second-order valence-corrected chi connectivity index (χ2v) is 6.10. The Morgan fingerprint density at radius 2 is 1.90 bits per heavy atom. The summed E-state index contributed by atoms with van der Waals surface area (Å²) in [4.78, 5) is 14.1. The van der Waals surface area contributed by atoms with Crippen molar-refractivity contribution in [1.82, 2.24) is 10.2 Å². The molecule has 1 N–H and O–H groups in total. The highest BCUT2D eigenvalue weighted by Gasteiger charge is 2.26. The van der Waals surface area contributed by atoms with Crippen molar-refractivity contribution in [1.29, 1.82) is 0 Å². The highest BCUT2D eigenvalue weighted by atomic mass is 16.6. The van der Waals surface area contributed by atoms with Gasteiger partial charge in [-0.25, -0.2) is 4.79 Å². The van der Waals surface area contributed by atoms with Gasteiger partial charge in [-0.2, -0.15) is 0 Å². The first-order chi connectivity index (χ1) is 10.3. The van der Waals surface area contributed by atoms with Crippen LogP contribution in [-0.2, 0) is 14.3 Å². The number of nitrogens with zero attached hydrogens (tertiary/aromatic N) is 1. The van der Waals surface area contributed by atoms with E-state index in [9.17, 15) is 4.79 Å². The largest absolute Gasteiger partial charge is 0.464 e. The quantitative estimate of drug-likeness (QED) is 0.571. The number of rotatable bonds is 7. The molecular weight excluding hydrogens is 268 g/mol. The van der Waals surface area contributed by atoms with Crippen LogP contribution in [0.2, 0.25) is 0 Å². The van der Waals surface area contributed by atoms with Gasteiger partial charge in [0.25, 0.3) is 0 Å². The molecule has 0 saturated carbocycles. The van der Waals surface area contributed by atoms with Crippen LogP contribution in [0.1, 0.15) is 45.4 Å². The van der Waals surface area contributed by atoms with Crippen molar-refractivity contribution in [2.24, 2.45) is 0 Å². The van der Waals surface area contributed by atoms with Gasteiger partial charge in [0, 0.05) is 19.1 Å². The highest BCUT2D eigenvalue weighted by molar-refractivity contribution is 5.70. The van der Waals surface area contributed by atoms with E-state index in [1.54, 1.807) is 0 Å². The van der Waals surface area contributed by atoms with Crippen LogP contribution < -0.4 is 5.32 Å². The van der Waals surface area contributed by atoms with Crippen LogP contribution in [0.4, 0.5) is 0 Å².